The number of amides is 1. The standard InChI is InChI=1S/C24H32FN3O4S/c1-17(2)23(29)27(13-18-5-6-18)14-21-12-26-24(28(21)15-22-4-3-11-32-22)33(30,31)16-19-7-9-20(25)10-8-19/h7-10,12,17-18,22H,3-6,11,13-16H2,1-2H3/t22-/m1/s1. The van der Waals surface area contributed by atoms with E-state index >= 15 is 0 Å². The lowest BCUT2D eigenvalue weighted by Gasteiger charge is -2.26. The van der Waals surface area contributed by atoms with Crippen molar-refractivity contribution in [1.82, 2.24) is 14.5 Å². The van der Waals surface area contributed by atoms with E-state index in [1.165, 1.54) is 24.3 Å². The Morgan fingerprint density at radius 1 is 1.24 bits per heavy atom. The van der Waals surface area contributed by atoms with Gasteiger partial charge < -0.3 is 14.2 Å². The van der Waals surface area contributed by atoms with Crippen molar-refractivity contribution in [3.63, 3.8) is 0 Å². The van der Waals surface area contributed by atoms with Gasteiger partial charge in [-0.1, -0.05) is 26.0 Å². The lowest BCUT2D eigenvalue weighted by Crippen LogP contribution is -2.36. The molecule has 1 atom stereocenters. The smallest absolute Gasteiger partial charge is 0.228 e. The maximum atomic E-state index is 13.3. The van der Waals surface area contributed by atoms with Crippen molar-refractivity contribution >= 4 is 15.7 Å². The summed E-state index contributed by atoms with van der Waals surface area (Å²) in [6.07, 6.45) is 5.51. The van der Waals surface area contributed by atoms with Crippen LogP contribution >= 0.6 is 0 Å². The molecule has 1 aromatic carbocycles. The van der Waals surface area contributed by atoms with Gasteiger partial charge in [-0.25, -0.2) is 17.8 Å². The maximum absolute atomic E-state index is 13.3. The second-order valence-electron chi connectivity index (χ2n) is 9.48. The predicted molar refractivity (Wildman–Crippen MR) is 121 cm³/mol. The van der Waals surface area contributed by atoms with Crippen molar-refractivity contribution in [3.8, 4) is 0 Å². The van der Waals surface area contributed by atoms with E-state index in [0.717, 1.165) is 25.7 Å². The highest BCUT2D eigenvalue weighted by Gasteiger charge is 2.31. The van der Waals surface area contributed by atoms with Crippen LogP contribution in [0.5, 0.6) is 0 Å². The van der Waals surface area contributed by atoms with Crippen molar-refractivity contribution in [2.45, 2.75) is 69.6 Å². The van der Waals surface area contributed by atoms with Crippen molar-refractivity contribution in [3.05, 3.63) is 47.5 Å². The van der Waals surface area contributed by atoms with Crippen LogP contribution in [0.25, 0.3) is 0 Å². The zero-order valence-corrected chi connectivity index (χ0v) is 20.1. The Bertz CT molecular complexity index is 1070. The fourth-order valence-corrected chi connectivity index (χ4v) is 5.72. The molecule has 0 N–H and O–H groups in total. The fourth-order valence-electron chi connectivity index (χ4n) is 4.22. The molecule has 2 aromatic rings. The van der Waals surface area contributed by atoms with Gasteiger partial charge in [0.25, 0.3) is 0 Å². The summed E-state index contributed by atoms with van der Waals surface area (Å²) in [5, 5.41) is -0.0271. The Hall–Kier alpha value is -2.26. The maximum Gasteiger partial charge on any atom is 0.228 e. The molecular formula is C24H32FN3O4S. The van der Waals surface area contributed by atoms with Gasteiger partial charge in [0.2, 0.25) is 20.9 Å². The molecule has 4 rings (SSSR count). The molecule has 0 bridgehead atoms. The molecule has 9 heteroatoms. The largest absolute Gasteiger partial charge is 0.376 e. The first-order chi connectivity index (χ1) is 15.7. The number of imidazole rings is 1. The lowest BCUT2D eigenvalue weighted by atomic mass is 10.1. The number of carbonyl (C=O) groups is 1. The first kappa shape index (κ1) is 23.9. The molecule has 2 heterocycles. The Morgan fingerprint density at radius 3 is 2.58 bits per heavy atom. The third-order valence-corrected chi connectivity index (χ3v) is 7.79. The third kappa shape index (κ3) is 6.00. The zero-order valence-electron chi connectivity index (χ0n) is 19.2. The van der Waals surface area contributed by atoms with E-state index in [4.69, 9.17) is 4.74 Å². The Labute approximate surface area is 194 Å². The SMILES string of the molecule is CC(C)C(=O)N(Cc1cnc(S(=O)(=O)Cc2ccc(F)cc2)n1C[C@H]1CCCO1)CC1CC1. The van der Waals surface area contributed by atoms with Gasteiger partial charge in [-0.15, -0.1) is 0 Å². The van der Waals surface area contributed by atoms with E-state index in [1.54, 1.807) is 10.8 Å². The number of halogens is 1. The number of rotatable bonds is 10. The summed E-state index contributed by atoms with van der Waals surface area (Å²) in [7, 11) is -3.79. The van der Waals surface area contributed by atoms with Crippen molar-refractivity contribution in [1.29, 1.82) is 0 Å². The molecule has 2 fully saturated rings. The number of carbonyl (C=O) groups excluding carboxylic acids is 1. The average Bonchev–Trinajstić information content (AvgIpc) is 3.26. The minimum absolute atomic E-state index is 0.0271. The molecule has 1 aliphatic carbocycles. The van der Waals surface area contributed by atoms with Crippen LogP contribution in [-0.2, 0) is 38.2 Å². The summed E-state index contributed by atoms with van der Waals surface area (Å²) in [4.78, 5) is 19.0. The van der Waals surface area contributed by atoms with Crippen molar-refractivity contribution in [2.24, 2.45) is 11.8 Å². The van der Waals surface area contributed by atoms with Crippen LogP contribution in [0.1, 0.15) is 50.8 Å². The Kier molecular flexibility index (Phi) is 7.19. The Morgan fingerprint density at radius 2 is 1.97 bits per heavy atom. The number of ether oxygens (including phenoxy) is 1. The predicted octanol–water partition coefficient (Wildman–Crippen LogP) is 3.57. The van der Waals surface area contributed by atoms with Gasteiger partial charge in [0.15, 0.2) is 0 Å². The minimum Gasteiger partial charge on any atom is -0.376 e. The number of nitrogens with zero attached hydrogens (tertiary/aromatic N) is 3. The van der Waals surface area contributed by atoms with Gasteiger partial charge in [0.05, 0.1) is 36.8 Å². The van der Waals surface area contributed by atoms with E-state index in [0.29, 0.717) is 43.4 Å². The molecule has 0 radical (unpaired) electrons. The molecule has 0 unspecified atom stereocenters. The third-order valence-electron chi connectivity index (χ3n) is 6.19. The molecule has 1 aromatic heterocycles. The fraction of sp³-hybridized carbons (Fsp3) is 0.583. The first-order valence-electron chi connectivity index (χ1n) is 11.6. The summed E-state index contributed by atoms with van der Waals surface area (Å²) in [5.41, 5.74) is 1.19. The summed E-state index contributed by atoms with van der Waals surface area (Å²) < 4.78 is 47.4. The lowest BCUT2D eigenvalue weighted by molar-refractivity contribution is -0.135. The van der Waals surface area contributed by atoms with E-state index in [9.17, 15) is 17.6 Å². The topological polar surface area (TPSA) is 81.5 Å². The highest BCUT2D eigenvalue weighted by atomic mass is 32.2. The normalized spacial score (nSPS) is 18.7. The number of aromatic nitrogens is 2. The van der Waals surface area contributed by atoms with E-state index in [-0.39, 0.29) is 28.8 Å². The molecular weight excluding hydrogens is 445 g/mol. The zero-order chi connectivity index (χ0) is 23.6. The summed E-state index contributed by atoms with van der Waals surface area (Å²) in [5.74, 6) is -0.248. The van der Waals surface area contributed by atoms with Crippen molar-refractivity contribution in [2.75, 3.05) is 13.2 Å². The van der Waals surface area contributed by atoms with Gasteiger partial charge in [-0.3, -0.25) is 4.79 Å². The van der Waals surface area contributed by atoms with Crippen LogP contribution in [-0.4, -0.2) is 48.0 Å². The molecule has 0 spiro atoms. The van der Waals surface area contributed by atoms with Crippen LogP contribution in [0.2, 0.25) is 0 Å². The van der Waals surface area contributed by atoms with Crippen LogP contribution in [0.15, 0.2) is 35.6 Å². The molecule has 1 aliphatic heterocycles. The van der Waals surface area contributed by atoms with E-state index in [2.05, 4.69) is 4.98 Å². The molecule has 33 heavy (non-hydrogen) atoms. The first-order valence-corrected chi connectivity index (χ1v) is 13.3. The highest BCUT2D eigenvalue weighted by molar-refractivity contribution is 7.90. The van der Waals surface area contributed by atoms with Crippen LogP contribution in [0.4, 0.5) is 4.39 Å². The highest BCUT2D eigenvalue weighted by Crippen LogP contribution is 2.31. The number of hydrogen-bond acceptors (Lipinski definition) is 5. The van der Waals surface area contributed by atoms with Crippen LogP contribution in [0, 0.1) is 17.7 Å². The number of hydrogen-bond donors (Lipinski definition) is 0. The van der Waals surface area contributed by atoms with Crippen molar-refractivity contribution < 1.29 is 22.3 Å². The Balaban J connectivity index is 1.63. The molecule has 180 valence electrons. The quantitative estimate of drug-likeness (QED) is 0.523. The summed E-state index contributed by atoms with van der Waals surface area (Å²) >= 11 is 0. The average molecular weight is 478 g/mol. The van der Waals surface area contributed by atoms with Crippen LogP contribution < -0.4 is 0 Å². The van der Waals surface area contributed by atoms with Gasteiger partial charge in [0.1, 0.15) is 5.82 Å². The van der Waals surface area contributed by atoms with Gasteiger partial charge in [-0.05, 0) is 49.3 Å². The minimum atomic E-state index is -3.79. The number of sulfone groups is 1. The second kappa shape index (κ2) is 9.93. The molecule has 2 aliphatic rings. The summed E-state index contributed by atoms with van der Waals surface area (Å²) in [6.45, 7) is 5.79. The molecule has 1 saturated carbocycles. The summed E-state index contributed by atoms with van der Waals surface area (Å²) in [6, 6.07) is 5.45. The van der Waals surface area contributed by atoms with Gasteiger partial charge in [-0.2, -0.15) is 0 Å². The van der Waals surface area contributed by atoms with Gasteiger partial charge >= 0.3 is 0 Å². The molecule has 7 nitrogen and oxygen atoms in total. The molecule has 1 saturated heterocycles. The molecule has 1 amide bonds. The number of benzene rings is 1. The van der Waals surface area contributed by atoms with Gasteiger partial charge in [0, 0.05) is 19.1 Å². The second-order valence-corrected chi connectivity index (χ2v) is 11.4. The van der Waals surface area contributed by atoms with E-state index < -0.39 is 15.7 Å². The van der Waals surface area contributed by atoms with Crippen LogP contribution in [0.3, 0.4) is 0 Å². The van der Waals surface area contributed by atoms with E-state index in [1.807, 2.05) is 18.7 Å². The monoisotopic (exact) mass is 477 g/mol.